The monoisotopic (exact) mass is 407 g/mol. The number of nitrogens with zero attached hydrogens (tertiary/aromatic N) is 3. The van der Waals surface area contributed by atoms with Crippen molar-refractivity contribution >= 4 is 11.9 Å². The number of alkyl halides is 2. The second-order valence-electron chi connectivity index (χ2n) is 7.89. The summed E-state index contributed by atoms with van der Waals surface area (Å²) in [4.78, 5) is 26.2. The standard InChI is InChI=1S/C19H20F3N5O2/c1-18(9-19(21,22)10-18)24-17(29)26-6-7-27-13(8-26)14(16(23)28)15(25-27)11-2-4-12(20)5-3-11/h2-5H,6-10H2,1H3,(H2,23,28)(H,24,29). The number of hydrogen-bond acceptors (Lipinski definition) is 3. The Morgan fingerprint density at radius 3 is 2.41 bits per heavy atom. The van der Waals surface area contributed by atoms with E-state index in [9.17, 15) is 22.8 Å². The van der Waals surface area contributed by atoms with Gasteiger partial charge in [-0.25, -0.2) is 18.0 Å². The molecule has 3 amide bonds. The lowest BCUT2D eigenvalue weighted by atomic mass is 9.75. The molecule has 2 aromatic rings. The number of primary amides is 1. The molecule has 1 aliphatic carbocycles. The molecule has 154 valence electrons. The summed E-state index contributed by atoms with van der Waals surface area (Å²) in [6, 6.07) is 5.03. The lowest BCUT2D eigenvalue weighted by Gasteiger charge is -2.46. The first-order valence-electron chi connectivity index (χ1n) is 9.17. The average molecular weight is 407 g/mol. The van der Waals surface area contributed by atoms with E-state index in [-0.39, 0.29) is 12.1 Å². The highest BCUT2D eigenvalue weighted by atomic mass is 19.3. The van der Waals surface area contributed by atoms with Crippen LogP contribution in [0.5, 0.6) is 0 Å². The Morgan fingerprint density at radius 2 is 1.83 bits per heavy atom. The Hall–Kier alpha value is -3.04. The third-order valence-electron chi connectivity index (χ3n) is 5.34. The van der Waals surface area contributed by atoms with Crippen LogP contribution in [0.3, 0.4) is 0 Å². The van der Waals surface area contributed by atoms with E-state index in [2.05, 4.69) is 10.4 Å². The summed E-state index contributed by atoms with van der Waals surface area (Å²) in [5.41, 5.74) is 6.08. The molecule has 1 aliphatic heterocycles. The Morgan fingerprint density at radius 1 is 1.17 bits per heavy atom. The number of urea groups is 1. The summed E-state index contributed by atoms with van der Waals surface area (Å²) in [6.45, 7) is 2.26. The van der Waals surface area contributed by atoms with E-state index in [0.717, 1.165) is 0 Å². The number of carbonyl (C=O) groups excluding carboxylic acids is 2. The molecule has 0 saturated heterocycles. The van der Waals surface area contributed by atoms with Crippen LogP contribution in [0.1, 0.15) is 35.8 Å². The molecule has 4 rings (SSSR count). The maximum absolute atomic E-state index is 13.2. The van der Waals surface area contributed by atoms with Crippen molar-refractivity contribution in [2.45, 2.75) is 44.3 Å². The van der Waals surface area contributed by atoms with Gasteiger partial charge in [0.1, 0.15) is 11.5 Å². The van der Waals surface area contributed by atoms with Crippen LogP contribution in [0.25, 0.3) is 11.3 Å². The molecule has 0 radical (unpaired) electrons. The van der Waals surface area contributed by atoms with Crippen LogP contribution in [-0.4, -0.2) is 44.6 Å². The molecule has 1 aromatic carbocycles. The minimum absolute atomic E-state index is 0.0603. The largest absolute Gasteiger partial charge is 0.365 e. The molecule has 2 aliphatic rings. The van der Waals surface area contributed by atoms with Crippen molar-refractivity contribution in [3.8, 4) is 11.3 Å². The van der Waals surface area contributed by atoms with Crippen LogP contribution < -0.4 is 11.1 Å². The fourth-order valence-electron chi connectivity index (χ4n) is 4.08. The van der Waals surface area contributed by atoms with Gasteiger partial charge in [0.2, 0.25) is 0 Å². The normalized spacial score (nSPS) is 19.2. The first-order valence-corrected chi connectivity index (χ1v) is 9.17. The maximum Gasteiger partial charge on any atom is 0.318 e. The molecular weight excluding hydrogens is 387 g/mol. The number of fused-ring (bicyclic) bond motifs is 1. The van der Waals surface area contributed by atoms with Gasteiger partial charge < -0.3 is 16.0 Å². The van der Waals surface area contributed by atoms with Crippen molar-refractivity contribution < 1.29 is 22.8 Å². The van der Waals surface area contributed by atoms with Crippen LogP contribution >= 0.6 is 0 Å². The summed E-state index contributed by atoms with van der Waals surface area (Å²) in [5.74, 6) is -3.89. The molecule has 1 saturated carbocycles. The minimum Gasteiger partial charge on any atom is -0.365 e. The Bertz CT molecular complexity index is 978. The maximum atomic E-state index is 13.2. The zero-order chi connectivity index (χ0) is 21.0. The number of halogens is 3. The van der Waals surface area contributed by atoms with Gasteiger partial charge in [0.15, 0.2) is 0 Å². The van der Waals surface area contributed by atoms with Gasteiger partial charge >= 0.3 is 6.03 Å². The molecule has 1 aromatic heterocycles. The van der Waals surface area contributed by atoms with Crippen molar-refractivity contribution in [1.82, 2.24) is 20.0 Å². The number of carbonyl (C=O) groups is 2. The van der Waals surface area contributed by atoms with Crippen molar-refractivity contribution in [1.29, 1.82) is 0 Å². The van der Waals surface area contributed by atoms with E-state index in [1.54, 1.807) is 11.6 Å². The van der Waals surface area contributed by atoms with E-state index in [1.165, 1.54) is 29.2 Å². The highest BCUT2D eigenvalue weighted by Crippen LogP contribution is 2.45. The SMILES string of the molecule is CC1(NC(=O)N2CCn3nc(-c4ccc(F)cc4)c(C(N)=O)c3C2)CC(F)(F)C1. The lowest BCUT2D eigenvalue weighted by molar-refractivity contribution is -0.124. The van der Waals surface area contributed by atoms with E-state index in [1.807, 2.05) is 0 Å². The van der Waals surface area contributed by atoms with Gasteiger partial charge in [-0.1, -0.05) is 0 Å². The third-order valence-corrected chi connectivity index (χ3v) is 5.34. The number of aromatic nitrogens is 2. The molecular formula is C19H20F3N5O2. The van der Waals surface area contributed by atoms with E-state index in [4.69, 9.17) is 5.73 Å². The highest BCUT2D eigenvalue weighted by Gasteiger charge is 2.54. The average Bonchev–Trinajstić information content (AvgIpc) is 2.99. The Labute approximate surface area is 164 Å². The first-order chi connectivity index (χ1) is 13.6. The second-order valence-corrected chi connectivity index (χ2v) is 7.89. The van der Waals surface area contributed by atoms with Crippen LogP contribution in [0.4, 0.5) is 18.0 Å². The minimum atomic E-state index is -2.76. The molecule has 1 fully saturated rings. The van der Waals surface area contributed by atoms with Crippen LogP contribution in [0.15, 0.2) is 24.3 Å². The molecule has 2 heterocycles. The van der Waals surface area contributed by atoms with Gasteiger partial charge in [-0.15, -0.1) is 0 Å². The second kappa shape index (κ2) is 6.50. The van der Waals surface area contributed by atoms with Crippen LogP contribution in [-0.2, 0) is 13.1 Å². The number of nitrogens with one attached hydrogen (secondary N) is 1. The fraction of sp³-hybridized carbons (Fsp3) is 0.421. The Kier molecular flexibility index (Phi) is 4.32. The summed E-state index contributed by atoms with van der Waals surface area (Å²) in [5, 5.41) is 7.08. The van der Waals surface area contributed by atoms with Crippen LogP contribution in [0.2, 0.25) is 0 Å². The number of nitrogens with two attached hydrogens (primary N) is 1. The summed E-state index contributed by atoms with van der Waals surface area (Å²) in [6.07, 6.45) is -0.808. The fourth-order valence-corrected chi connectivity index (χ4v) is 4.08. The number of benzene rings is 1. The molecule has 0 spiro atoms. The highest BCUT2D eigenvalue weighted by molar-refractivity contribution is 6.00. The predicted octanol–water partition coefficient (Wildman–Crippen LogP) is 2.50. The zero-order valence-corrected chi connectivity index (χ0v) is 15.7. The number of hydrogen-bond donors (Lipinski definition) is 2. The van der Waals surface area contributed by atoms with E-state index in [0.29, 0.717) is 30.0 Å². The molecule has 0 unspecified atom stereocenters. The first kappa shape index (κ1) is 19.3. The molecule has 29 heavy (non-hydrogen) atoms. The van der Waals surface area contributed by atoms with Gasteiger partial charge in [0, 0.05) is 24.9 Å². The van der Waals surface area contributed by atoms with Crippen LogP contribution in [0, 0.1) is 5.82 Å². The number of rotatable bonds is 3. The topological polar surface area (TPSA) is 93.2 Å². The Balaban J connectivity index is 1.58. The van der Waals surface area contributed by atoms with Crippen molar-refractivity contribution in [2.75, 3.05) is 6.54 Å². The van der Waals surface area contributed by atoms with Crippen molar-refractivity contribution in [3.05, 3.63) is 41.3 Å². The van der Waals surface area contributed by atoms with Gasteiger partial charge in [-0.2, -0.15) is 5.10 Å². The van der Waals surface area contributed by atoms with Gasteiger partial charge in [0.05, 0.1) is 29.9 Å². The van der Waals surface area contributed by atoms with Crippen molar-refractivity contribution in [2.24, 2.45) is 5.73 Å². The summed E-state index contributed by atoms with van der Waals surface area (Å²) >= 11 is 0. The smallest absolute Gasteiger partial charge is 0.318 e. The van der Waals surface area contributed by atoms with E-state index < -0.39 is 42.1 Å². The lowest BCUT2D eigenvalue weighted by Crippen LogP contribution is -2.62. The zero-order valence-electron chi connectivity index (χ0n) is 15.7. The molecule has 7 nitrogen and oxygen atoms in total. The molecule has 3 N–H and O–H groups in total. The summed E-state index contributed by atoms with van der Waals surface area (Å²) < 4.78 is 41.2. The third kappa shape index (κ3) is 3.54. The summed E-state index contributed by atoms with van der Waals surface area (Å²) in [7, 11) is 0. The van der Waals surface area contributed by atoms with E-state index >= 15 is 0 Å². The molecule has 0 atom stereocenters. The molecule has 0 bridgehead atoms. The number of amides is 3. The molecule has 10 heteroatoms. The van der Waals surface area contributed by atoms with Gasteiger partial charge in [-0.05, 0) is 31.2 Å². The van der Waals surface area contributed by atoms with Crippen molar-refractivity contribution in [3.63, 3.8) is 0 Å². The van der Waals surface area contributed by atoms with Gasteiger partial charge in [-0.3, -0.25) is 9.48 Å². The predicted molar refractivity (Wildman–Crippen MR) is 97.7 cm³/mol. The quantitative estimate of drug-likeness (QED) is 0.819. The van der Waals surface area contributed by atoms with Gasteiger partial charge in [0.25, 0.3) is 11.8 Å².